The zero-order valence-electron chi connectivity index (χ0n) is 19.7. The van der Waals surface area contributed by atoms with Gasteiger partial charge in [0.2, 0.25) is 0 Å². The minimum absolute atomic E-state index is 0.0917. The van der Waals surface area contributed by atoms with Crippen LogP contribution < -0.4 is 19.5 Å². The van der Waals surface area contributed by atoms with Gasteiger partial charge >= 0.3 is 11.9 Å². The lowest BCUT2D eigenvalue weighted by Crippen LogP contribution is -2.15. The van der Waals surface area contributed by atoms with Gasteiger partial charge in [0, 0.05) is 16.8 Å². The molecule has 3 aromatic rings. The number of esters is 2. The highest BCUT2D eigenvalue weighted by Crippen LogP contribution is 2.25. The van der Waals surface area contributed by atoms with Crippen molar-refractivity contribution in [2.24, 2.45) is 0 Å². The molecule has 0 saturated heterocycles. The summed E-state index contributed by atoms with van der Waals surface area (Å²) in [6, 6.07) is 16.1. The van der Waals surface area contributed by atoms with Crippen molar-refractivity contribution in [3.63, 3.8) is 0 Å². The molecule has 0 aliphatic rings. The van der Waals surface area contributed by atoms with Crippen LogP contribution in [0.1, 0.15) is 36.6 Å². The summed E-state index contributed by atoms with van der Waals surface area (Å²) in [6.45, 7) is 0.154. The molecule has 0 radical (unpaired) electrons. The maximum absolute atomic E-state index is 13.0. The molecule has 9 heteroatoms. The average Bonchev–Trinajstić information content (AvgIpc) is 2.90. The van der Waals surface area contributed by atoms with E-state index in [1.165, 1.54) is 39.5 Å². The number of nitrogens with one attached hydrogen (secondary N) is 1. The Hall–Kier alpha value is -4.53. The number of anilines is 1. The zero-order valence-corrected chi connectivity index (χ0v) is 19.7. The van der Waals surface area contributed by atoms with E-state index in [0.29, 0.717) is 28.4 Å². The predicted molar refractivity (Wildman–Crippen MR) is 127 cm³/mol. The second-order valence-electron chi connectivity index (χ2n) is 7.23. The van der Waals surface area contributed by atoms with E-state index in [-0.39, 0.29) is 23.4 Å². The van der Waals surface area contributed by atoms with Gasteiger partial charge in [0.1, 0.15) is 23.9 Å². The molecule has 0 bridgehead atoms. The largest absolute Gasteiger partial charge is 0.497 e. The minimum atomic E-state index is -0.659. The Morgan fingerprint density at radius 2 is 1.29 bits per heavy atom. The SMILES string of the molecule is COC(=O)c1cc(NC(=O)c2ccc(OC)c(COc3ccc(OC)cc3)c2)cc(C(=O)OC)c1. The molecular weight excluding hydrogens is 454 g/mol. The van der Waals surface area contributed by atoms with Crippen molar-refractivity contribution >= 4 is 23.5 Å². The van der Waals surface area contributed by atoms with Crippen molar-refractivity contribution in [3.05, 3.63) is 82.9 Å². The molecule has 35 heavy (non-hydrogen) atoms. The van der Waals surface area contributed by atoms with Gasteiger partial charge in [-0.1, -0.05) is 0 Å². The summed E-state index contributed by atoms with van der Waals surface area (Å²) < 4.78 is 25.8. The molecule has 0 fully saturated rings. The van der Waals surface area contributed by atoms with Crippen LogP contribution in [-0.2, 0) is 16.1 Å². The van der Waals surface area contributed by atoms with Gasteiger partial charge in [-0.25, -0.2) is 9.59 Å². The first kappa shape index (κ1) is 25.1. The van der Waals surface area contributed by atoms with Crippen LogP contribution in [-0.4, -0.2) is 46.3 Å². The molecule has 0 aliphatic carbocycles. The molecule has 182 valence electrons. The molecular formula is C26H25NO8. The van der Waals surface area contributed by atoms with Gasteiger partial charge in [-0.05, 0) is 60.7 Å². The summed E-state index contributed by atoms with van der Waals surface area (Å²) in [4.78, 5) is 37.0. The third-order valence-electron chi connectivity index (χ3n) is 5.03. The average molecular weight is 479 g/mol. The Balaban J connectivity index is 1.82. The van der Waals surface area contributed by atoms with E-state index in [1.54, 1.807) is 49.6 Å². The van der Waals surface area contributed by atoms with Gasteiger partial charge in [-0.15, -0.1) is 0 Å². The smallest absolute Gasteiger partial charge is 0.337 e. The summed E-state index contributed by atoms with van der Waals surface area (Å²) in [6.07, 6.45) is 0. The molecule has 0 unspecified atom stereocenters. The molecule has 0 aliphatic heterocycles. The molecule has 0 spiro atoms. The fourth-order valence-electron chi connectivity index (χ4n) is 3.24. The molecule has 1 N–H and O–H groups in total. The van der Waals surface area contributed by atoms with Crippen LogP contribution in [0.4, 0.5) is 5.69 Å². The Morgan fingerprint density at radius 1 is 0.686 bits per heavy atom. The van der Waals surface area contributed by atoms with Crippen LogP contribution in [0.15, 0.2) is 60.7 Å². The standard InChI is InChI=1S/C26H25NO8/c1-31-21-6-8-22(9-7-21)35-15-19-11-16(5-10-23(19)32-2)24(28)27-20-13-17(25(29)33-3)12-18(14-20)26(30)34-4/h5-14H,15H2,1-4H3,(H,27,28). The van der Waals surface area contributed by atoms with E-state index in [2.05, 4.69) is 5.32 Å². The lowest BCUT2D eigenvalue weighted by atomic mass is 10.1. The summed E-state index contributed by atoms with van der Waals surface area (Å²) >= 11 is 0. The lowest BCUT2D eigenvalue weighted by Gasteiger charge is -2.13. The highest BCUT2D eigenvalue weighted by molar-refractivity contribution is 6.06. The monoisotopic (exact) mass is 479 g/mol. The van der Waals surface area contributed by atoms with E-state index >= 15 is 0 Å². The van der Waals surface area contributed by atoms with Crippen molar-refractivity contribution in [3.8, 4) is 17.2 Å². The van der Waals surface area contributed by atoms with Crippen molar-refractivity contribution in [2.45, 2.75) is 6.61 Å². The maximum atomic E-state index is 13.0. The second kappa shape index (κ2) is 11.6. The molecule has 0 saturated carbocycles. The quantitative estimate of drug-likeness (QED) is 0.457. The number of carbonyl (C=O) groups excluding carboxylic acids is 3. The van der Waals surface area contributed by atoms with Crippen LogP contribution in [0.2, 0.25) is 0 Å². The first-order valence-electron chi connectivity index (χ1n) is 10.4. The Bertz CT molecular complexity index is 1190. The highest BCUT2D eigenvalue weighted by Gasteiger charge is 2.17. The van der Waals surface area contributed by atoms with E-state index < -0.39 is 17.8 Å². The fourth-order valence-corrected chi connectivity index (χ4v) is 3.24. The van der Waals surface area contributed by atoms with Crippen LogP contribution in [0, 0.1) is 0 Å². The Kier molecular flexibility index (Phi) is 8.29. The van der Waals surface area contributed by atoms with Gasteiger partial charge in [-0.3, -0.25) is 4.79 Å². The third kappa shape index (κ3) is 6.29. The molecule has 0 heterocycles. The molecule has 3 aromatic carbocycles. The van der Waals surface area contributed by atoms with Crippen LogP contribution in [0.25, 0.3) is 0 Å². The molecule has 9 nitrogen and oxygen atoms in total. The number of amides is 1. The van der Waals surface area contributed by atoms with E-state index in [0.717, 1.165) is 0 Å². The lowest BCUT2D eigenvalue weighted by molar-refractivity contribution is 0.0599. The van der Waals surface area contributed by atoms with Crippen molar-refractivity contribution in [1.82, 2.24) is 0 Å². The number of benzene rings is 3. The van der Waals surface area contributed by atoms with Crippen molar-refractivity contribution < 1.29 is 38.1 Å². The minimum Gasteiger partial charge on any atom is -0.497 e. The molecule has 1 amide bonds. The normalized spacial score (nSPS) is 10.2. The summed E-state index contributed by atoms with van der Waals surface area (Å²) in [5.74, 6) is 0.104. The predicted octanol–water partition coefficient (Wildman–Crippen LogP) is 4.11. The van der Waals surface area contributed by atoms with Gasteiger partial charge < -0.3 is 29.0 Å². The zero-order chi connectivity index (χ0) is 25.4. The van der Waals surface area contributed by atoms with Gasteiger partial charge in [0.15, 0.2) is 0 Å². The number of methoxy groups -OCH3 is 4. The highest BCUT2D eigenvalue weighted by atomic mass is 16.5. The maximum Gasteiger partial charge on any atom is 0.337 e. The number of hydrogen-bond donors (Lipinski definition) is 1. The fraction of sp³-hybridized carbons (Fsp3) is 0.192. The Morgan fingerprint density at radius 3 is 1.83 bits per heavy atom. The van der Waals surface area contributed by atoms with E-state index in [1.807, 2.05) is 0 Å². The topological polar surface area (TPSA) is 109 Å². The first-order chi connectivity index (χ1) is 16.9. The van der Waals surface area contributed by atoms with Crippen molar-refractivity contribution in [2.75, 3.05) is 33.8 Å². The van der Waals surface area contributed by atoms with Crippen LogP contribution >= 0.6 is 0 Å². The van der Waals surface area contributed by atoms with Gasteiger partial charge in [0.25, 0.3) is 5.91 Å². The summed E-state index contributed by atoms with van der Waals surface area (Å²) in [7, 11) is 5.55. The number of rotatable bonds is 9. The van der Waals surface area contributed by atoms with Crippen LogP contribution in [0.5, 0.6) is 17.2 Å². The third-order valence-corrected chi connectivity index (χ3v) is 5.03. The molecule has 0 aromatic heterocycles. The number of hydrogen-bond acceptors (Lipinski definition) is 8. The van der Waals surface area contributed by atoms with Gasteiger partial charge in [-0.2, -0.15) is 0 Å². The van der Waals surface area contributed by atoms with E-state index in [9.17, 15) is 14.4 Å². The van der Waals surface area contributed by atoms with Crippen molar-refractivity contribution in [1.29, 1.82) is 0 Å². The van der Waals surface area contributed by atoms with Crippen LogP contribution in [0.3, 0.4) is 0 Å². The first-order valence-corrected chi connectivity index (χ1v) is 10.4. The summed E-state index contributed by atoms with van der Waals surface area (Å²) in [5.41, 5.74) is 1.38. The molecule has 0 atom stereocenters. The summed E-state index contributed by atoms with van der Waals surface area (Å²) in [5, 5.41) is 2.70. The molecule has 3 rings (SSSR count). The second-order valence-corrected chi connectivity index (χ2v) is 7.23. The Labute approximate surface area is 202 Å². The van der Waals surface area contributed by atoms with Gasteiger partial charge in [0.05, 0.1) is 39.6 Å². The number of ether oxygens (including phenoxy) is 5. The van der Waals surface area contributed by atoms with E-state index in [4.69, 9.17) is 23.7 Å². The number of carbonyl (C=O) groups is 3.